The minimum absolute atomic E-state index is 0.0153. The van der Waals surface area contributed by atoms with Gasteiger partial charge in [0.05, 0.1) is 5.02 Å². The van der Waals surface area contributed by atoms with Crippen LogP contribution in [0.1, 0.15) is 5.56 Å². The van der Waals surface area contributed by atoms with Gasteiger partial charge in [-0.3, -0.25) is 4.79 Å². The standard InChI is InChI=1S/C15H13ClFNO2/c1-10-3-2-4-11(7-10)18-15(19)9-20-12-5-6-13(16)14(17)8-12/h2-8H,9H2,1H3,(H,18,19). The number of ether oxygens (including phenoxy) is 1. The molecule has 0 radical (unpaired) electrons. The fourth-order valence-corrected chi connectivity index (χ4v) is 1.75. The molecule has 1 N–H and O–H groups in total. The molecule has 0 atom stereocenters. The lowest BCUT2D eigenvalue weighted by atomic mass is 10.2. The van der Waals surface area contributed by atoms with Gasteiger partial charge in [-0.2, -0.15) is 0 Å². The van der Waals surface area contributed by atoms with Gasteiger partial charge in [0.2, 0.25) is 0 Å². The molecule has 0 unspecified atom stereocenters. The fourth-order valence-electron chi connectivity index (χ4n) is 1.64. The second kappa shape index (κ2) is 6.39. The molecule has 0 aromatic heterocycles. The van der Waals surface area contributed by atoms with Crippen LogP contribution in [0, 0.1) is 12.7 Å². The quantitative estimate of drug-likeness (QED) is 0.931. The maximum atomic E-state index is 13.2. The first-order valence-electron chi connectivity index (χ1n) is 5.99. The highest BCUT2D eigenvalue weighted by Gasteiger charge is 2.06. The summed E-state index contributed by atoms with van der Waals surface area (Å²) in [5, 5.41) is 2.71. The smallest absolute Gasteiger partial charge is 0.262 e. The molecule has 0 aliphatic carbocycles. The average molecular weight is 294 g/mol. The van der Waals surface area contributed by atoms with E-state index in [1.54, 1.807) is 6.07 Å². The number of hydrogen-bond acceptors (Lipinski definition) is 2. The summed E-state index contributed by atoms with van der Waals surface area (Å²) < 4.78 is 18.4. The van der Waals surface area contributed by atoms with E-state index in [4.69, 9.17) is 16.3 Å². The Labute approximate surface area is 121 Å². The summed E-state index contributed by atoms with van der Waals surface area (Å²) in [6, 6.07) is 11.4. The third kappa shape index (κ3) is 3.96. The van der Waals surface area contributed by atoms with Crippen LogP contribution in [0.2, 0.25) is 5.02 Å². The summed E-state index contributed by atoms with van der Waals surface area (Å²) in [5.74, 6) is -0.638. The number of hydrogen-bond donors (Lipinski definition) is 1. The van der Waals surface area contributed by atoms with Gasteiger partial charge in [-0.05, 0) is 36.8 Å². The van der Waals surface area contributed by atoms with Gasteiger partial charge in [-0.15, -0.1) is 0 Å². The number of carbonyl (C=O) groups is 1. The number of anilines is 1. The zero-order valence-corrected chi connectivity index (χ0v) is 11.6. The summed E-state index contributed by atoms with van der Waals surface area (Å²) in [6.45, 7) is 1.73. The number of rotatable bonds is 4. The first-order chi connectivity index (χ1) is 9.54. The molecule has 3 nitrogen and oxygen atoms in total. The highest BCUT2D eigenvalue weighted by Crippen LogP contribution is 2.20. The lowest BCUT2D eigenvalue weighted by molar-refractivity contribution is -0.118. The molecule has 2 aromatic rings. The molecule has 1 amide bonds. The van der Waals surface area contributed by atoms with Crippen molar-refractivity contribution >= 4 is 23.2 Å². The number of nitrogens with one attached hydrogen (secondary N) is 1. The van der Waals surface area contributed by atoms with Gasteiger partial charge in [-0.1, -0.05) is 23.7 Å². The summed E-state index contributed by atoms with van der Waals surface area (Å²) >= 11 is 5.56. The first kappa shape index (κ1) is 14.3. The van der Waals surface area contributed by atoms with E-state index in [-0.39, 0.29) is 23.3 Å². The minimum atomic E-state index is -0.580. The number of carbonyl (C=O) groups excluding carboxylic acids is 1. The molecule has 0 spiro atoms. The van der Waals surface area contributed by atoms with Crippen molar-refractivity contribution in [3.8, 4) is 5.75 Å². The van der Waals surface area contributed by atoms with Crippen LogP contribution in [0.5, 0.6) is 5.75 Å². The highest BCUT2D eigenvalue weighted by atomic mass is 35.5. The van der Waals surface area contributed by atoms with E-state index < -0.39 is 5.82 Å². The van der Waals surface area contributed by atoms with E-state index in [9.17, 15) is 9.18 Å². The summed E-state index contributed by atoms with van der Waals surface area (Å²) in [5.41, 5.74) is 1.74. The molecule has 0 fully saturated rings. The van der Waals surface area contributed by atoms with Crippen LogP contribution in [0.15, 0.2) is 42.5 Å². The summed E-state index contributed by atoms with van der Waals surface area (Å²) in [4.78, 5) is 11.7. The predicted octanol–water partition coefficient (Wildman–Crippen LogP) is 3.81. The van der Waals surface area contributed by atoms with E-state index in [0.717, 1.165) is 11.6 Å². The second-order valence-corrected chi connectivity index (χ2v) is 4.69. The number of aryl methyl sites for hydroxylation is 1. The van der Waals surface area contributed by atoms with Crippen molar-refractivity contribution in [1.82, 2.24) is 0 Å². The molecular weight excluding hydrogens is 281 g/mol. The monoisotopic (exact) mass is 293 g/mol. The van der Waals surface area contributed by atoms with Crippen molar-refractivity contribution in [2.75, 3.05) is 11.9 Å². The third-order valence-corrected chi connectivity index (χ3v) is 2.87. The Bertz CT molecular complexity index is 631. The Morgan fingerprint density at radius 3 is 2.80 bits per heavy atom. The Morgan fingerprint density at radius 2 is 2.10 bits per heavy atom. The van der Waals surface area contributed by atoms with Crippen LogP contribution < -0.4 is 10.1 Å². The second-order valence-electron chi connectivity index (χ2n) is 4.28. The number of halogens is 2. The Kier molecular flexibility index (Phi) is 4.58. The molecule has 0 aliphatic rings. The third-order valence-electron chi connectivity index (χ3n) is 2.56. The fraction of sp³-hybridized carbons (Fsp3) is 0.133. The van der Waals surface area contributed by atoms with Crippen LogP contribution in [0.4, 0.5) is 10.1 Å². The van der Waals surface area contributed by atoms with E-state index in [2.05, 4.69) is 5.32 Å². The molecule has 0 aliphatic heterocycles. The molecule has 5 heteroatoms. The van der Waals surface area contributed by atoms with Gasteiger partial charge in [0.1, 0.15) is 11.6 Å². The van der Waals surface area contributed by atoms with E-state index in [0.29, 0.717) is 5.69 Å². The SMILES string of the molecule is Cc1cccc(NC(=O)COc2ccc(Cl)c(F)c2)c1. The molecule has 0 heterocycles. The topological polar surface area (TPSA) is 38.3 Å². The first-order valence-corrected chi connectivity index (χ1v) is 6.37. The van der Waals surface area contributed by atoms with Crippen molar-refractivity contribution < 1.29 is 13.9 Å². The summed E-state index contributed by atoms with van der Waals surface area (Å²) in [6.07, 6.45) is 0. The van der Waals surface area contributed by atoms with Crippen LogP contribution in [-0.2, 0) is 4.79 Å². The van der Waals surface area contributed by atoms with Crippen molar-refractivity contribution in [3.63, 3.8) is 0 Å². The lowest BCUT2D eigenvalue weighted by Crippen LogP contribution is -2.20. The largest absolute Gasteiger partial charge is 0.484 e. The Morgan fingerprint density at radius 1 is 1.30 bits per heavy atom. The van der Waals surface area contributed by atoms with Gasteiger partial charge in [-0.25, -0.2) is 4.39 Å². The van der Waals surface area contributed by atoms with Crippen molar-refractivity contribution in [1.29, 1.82) is 0 Å². The molecule has 104 valence electrons. The minimum Gasteiger partial charge on any atom is -0.484 e. The average Bonchev–Trinajstić information content (AvgIpc) is 2.40. The van der Waals surface area contributed by atoms with Crippen LogP contribution in [-0.4, -0.2) is 12.5 Å². The molecule has 0 saturated heterocycles. The van der Waals surface area contributed by atoms with E-state index in [1.807, 2.05) is 25.1 Å². The maximum Gasteiger partial charge on any atom is 0.262 e. The van der Waals surface area contributed by atoms with Gasteiger partial charge >= 0.3 is 0 Å². The van der Waals surface area contributed by atoms with Gasteiger partial charge in [0.15, 0.2) is 6.61 Å². The van der Waals surface area contributed by atoms with E-state index in [1.165, 1.54) is 12.1 Å². The molecule has 20 heavy (non-hydrogen) atoms. The van der Waals surface area contributed by atoms with E-state index >= 15 is 0 Å². The van der Waals surface area contributed by atoms with Crippen LogP contribution in [0.25, 0.3) is 0 Å². The lowest BCUT2D eigenvalue weighted by Gasteiger charge is -2.08. The molecular formula is C15H13ClFNO2. The predicted molar refractivity (Wildman–Crippen MR) is 76.7 cm³/mol. The molecule has 2 rings (SSSR count). The highest BCUT2D eigenvalue weighted by molar-refractivity contribution is 6.30. The number of benzene rings is 2. The Balaban J connectivity index is 1.90. The normalized spacial score (nSPS) is 10.2. The van der Waals surface area contributed by atoms with Crippen LogP contribution >= 0.6 is 11.6 Å². The maximum absolute atomic E-state index is 13.2. The number of amides is 1. The zero-order valence-electron chi connectivity index (χ0n) is 10.8. The van der Waals surface area contributed by atoms with Crippen molar-refractivity contribution in [3.05, 3.63) is 58.9 Å². The van der Waals surface area contributed by atoms with Crippen LogP contribution in [0.3, 0.4) is 0 Å². The molecule has 0 saturated carbocycles. The molecule has 2 aromatic carbocycles. The van der Waals surface area contributed by atoms with Gasteiger partial charge < -0.3 is 10.1 Å². The summed E-state index contributed by atoms with van der Waals surface area (Å²) in [7, 11) is 0. The van der Waals surface area contributed by atoms with Gasteiger partial charge in [0.25, 0.3) is 5.91 Å². The molecule has 0 bridgehead atoms. The van der Waals surface area contributed by atoms with Gasteiger partial charge in [0, 0.05) is 11.8 Å². The zero-order chi connectivity index (χ0) is 14.5. The van der Waals surface area contributed by atoms with Crippen molar-refractivity contribution in [2.45, 2.75) is 6.92 Å². The van der Waals surface area contributed by atoms with Crippen molar-refractivity contribution in [2.24, 2.45) is 0 Å². The Hall–Kier alpha value is -2.07.